The summed E-state index contributed by atoms with van der Waals surface area (Å²) in [6.07, 6.45) is 1.77. The molecular weight excluding hydrogens is 288 g/mol. The zero-order valence-electron chi connectivity index (χ0n) is 12.8. The normalized spacial score (nSPS) is 21.1. The van der Waals surface area contributed by atoms with Gasteiger partial charge in [0.05, 0.1) is 4.75 Å². The van der Waals surface area contributed by atoms with Crippen LogP contribution in [0.3, 0.4) is 0 Å². The fraction of sp³-hybridized carbons (Fsp3) is 0.643. The molecule has 1 aromatic heterocycles. The van der Waals surface area contributed by atoms with Crippen LogP contribution in [0.1, 0.15) is 37.2 Å². The van der Waals surface area contributed by atoms with Crippen LogP contribution in [-0.2, 0) is 10.8 Å². The maximum Gasteiger partial charge on any atom is 0.271 e. The molecule has 6 nitrogen and oxygen atoms in total. The fourth-order valence-electron chi connectivity index (χ4n) is 2.64. The van der Waals surface area contributed by atoms with Crippen molar-refractivity contribution in [1.82, 2.24) is 15.5 Å². The Bertz CT molecular complexity index is 528. The van der Waals surface area contributed by atoms with E-state index in [4.69, 9.17) is 0 Å². The molecule has 1 aromatic rings. The number of anilines is 1. The Morgan fingerprint density at radius 2 is 2.10 bits per heavy atom. The molecule has 2 heterocycles. The molecule has 1 N–H and O–H groups in total. The number of hydrogen-bond acceptors (Lipinski definition) is 5. The number of aromatic nitrogens is 2. The Morgan fingerprint density at radius 1 is 1.38 bits per heavy atom. The van der Waals surface area contributed by atoms with Gasteiger partial charge in [0.25, 0.3) is 5.91 Å². The zero-order chi connectivity index (χ0) is 15.5. The Kier molecular flexibility index (Phi) is 4.92. The average molecular weight is 310 g/mol. The molecule has 7 heteroatoms. The van der Waals surface area contributed by atoms with Crippen molar-refractivity contribution in [3.8, 4) is 0 Å². The van der Waals surface area contributed by atoms with E-state index in [1.165, 1.54) is 0 Å². The van der Waals surface area contributed by atoms with Gasteiger partial charge in [-0.2, -0.15) is 0 Å². The van der Waals surface area contributed by atoms with Crippen LogP contribution in [0.2, 0.25) is 0 Å². The van der Waals surface area contributed by atoms with E-state index in [2.05, 4.69) is 34.3 Å². The lowest BCUT2D eigenvalue weighted by atomic mass is 10.0. The highest BCUT2D eigenvalue weighted by atomic mass is 32.2. The van der Waals surface area contributed by atoms with Gasteiger partial charge in [0.1, 0.15) is 0 Å². The summed E-state index contributed by atoms with van der Waals surface area (Å²) in [6.45, 7) is 5.61. The van der Waals surface area contributed by atoms with Gasteiger partial charge < -0.3 is 10.2 Å². The van der Waals surface area contributed by atoms with Crippen LogP contribution in [0.25, 0.3) is 0 Å². The van der Waals surface area contributed by atoms with Gasteiger partial charge in [0, 0.05) is 36.7 Å². The molecule has 0 bridgehead atoms. The van der Waals surface area contributed by atoms with Crippen molar-refractivity contribution in [3.05, 3.63) is 17.8 Å². The van der Waals surface area contributed by atoms with Crippen LogP contribution in [0, 0.1) is 0 Å². The van der Waals surface area contributed by atoms with Gasteiger partial charge in [-0.1, -0.05) is 13.8 Å². The van der Waals surface area contributed by atoms with Crippen molar-refractivity contribution in [2.24, 2.45) is 0 Å². The predicted octanol–water partition coefficient (Wildman–Crippen LogP) is 0.964. The van der Waals surface area contributed by atoms with Crippen molar-refractivity contribution >= 4 is 22.5 Å². The topological polar surface area (TPSA) is 75.2 Å². The summed E-state index contributed by atoms with van der Waals surface area (Å²) >= 11 is 0. The summed E-state index contributed by atoms with van der Waals surface area (Å²) in [5, 5.41) is 10.6. The third-order valence-corrected chi connectivity index (χ3v) is 6.46. The summed E-state index contributed by atoms with van der Waals surface area (Å²) < 4.78 is 12.2. The molecule has 2 rings (SSSR count). The van der Waals surface area contributed by atoms with Crippen molar-refractivity contribution in [2.75, 3.05) is 30.8 Å². The highest BCUT2D eigenvalue weighted by Crippen LogP contribution is 2.30. The van der Waals surface area contributed by atoms with E-state index in [1.807, 2.05) is 6.07 Å². The quantitative estimate of drug-likeness (QED) is 0.896. The van der Waals surface area contributed by atoms with Gasteiger partial charge in [-0.05, 0) is 25.0 Å². The molecule has 1 fully saturated rings. The average Bonchev–Trinajstić information content (AvgIpc) is 2.55. The second-order valence-corrected chi connectivity index (χ2v) is 7.18. The molecule has 1 atom stereocenters. The van der Waals surface area contributed by atoms with Crippen LogP contribution in [0.4, 0.5) is 5.82 Å². The second kappa shape index (κ2) is 6.51. The summed E-state index contributed by atoms with van der Waals surface area (Å²) in [5.41, 5.74) is 0.305. The van der Waals surface area contributed by atoms with E-state index < -0.39 is 10.8 Å². The van der Waals surface area contributed by atoms with E-state index in [0.29, 0.717) is 18.0 Å². The monoisotopic (exact) mass is 310 g/mol. The second-order valence-electron chi connectivity index (χ2n) is 5.22. The Morgan fingerprint density at radius 3 is 2.62 bits per heavy atom. The fourth-order valence-corrected chi connectivity index (χ4v) is 4.41. The van der Waals surface area contributed by atoms with Crippen molar-refractivity contribution < 1.29 is 9.00 Å². The van der Waals surface area contributed by atoms with Gasteiger partial charge in [-0.25, -0.2) is 0 Å². The minimum Gasteiger partial charge on any atom is -0.354 e. The Labute approximate surface area is 127 Å². The summed E-state index contributed by atoms with van der Waals surface area (Å²) in [7, 11) is 0.766. The third kappa shape index (κ3) is 3.07. The predicted molar refractivity (Wildman–Crippen MR) is 84.0 cm³/mol. The number of carbonyl (C=O) groups excluding carboxylic acids is 1. The molecule has 1 aliphatic rings. The van der Waals surface area contributed by atoms with Gasteiger partial charge in [-0.15, -0.1) is 10.2 Å². The molecule has 0 aromatic carbocycles. The van der Waals surface area contributed by atoms with E-state index in [0.717, 1.165) is 25.2 Å². The standard InChI is InChI=1S/C14H22N4O2S/c1-4-14(5-2)10-18(8-9-21(14)20)12-7-6-11(16-17-12)13(19)15-3/h6-7H,4-5,8-10H2,1-3H3,(H,15,19). The van der Waals surface area contributed by atoms with Gasteiger partial charge >= 0.3 is 0 Å². The first-order chi connectivity index (χ1) is 10.1. The molecular formula is C14H22N4O2S. The molecule has 21 heavy (non-hydrogen) atoms. The van der Waals surface area contributed by atoms with E-state index in [1.54, 1.807) is 13.1 Å². The molecule has 1 saturated heterocycles. The first-order valence-corrected chi connectivity index (χ1v) is 8.57. The minimum absolute atomic E-state index is 0.167. The SMILES string of the molecule is CCC1(CC)CN(c2ccc(C(=O)NC)nn2)CCS1=O. The maximum atomic E-state index is 12.3. The van der Waals surface area contributed by atoms with Crippen LogP contribution in [0.15, 0.2) is 12.1 Å². The molecule has 1 aliphatic heterocycles. The van der Waals surface area contributed by atoms with Crippen molar-refractivity contribution in [3.63, 3.8) is 0 Å². The molecule has 1 unspecified atom stereocenters. The van der Waals surface area contributed by atoms with Crippen LogP contribution in [-0.4, -0.2) is 51.0 Å². The number of amides is 1. The molecule has 0 radical (unpaired) electrons. The van der Waals surface area contributed by atoms with Gasteiger partial charge in [0.15, 0.2) is 11.5 Å². The number of rotatable bonds is 4. The summed E-state index contributed by atoms with van der Waals surface area (Å²) in [5.74, 6) is 1.15. The molecule has 0 aliphatic carbocycles. The summed E-state index contributed by atoms with van der Waals surface area (Å²) in [6, 6.07) is 3.48. The van der Waals surface area contributed by atoms with Crippen LogP contribution in [0.5, 0.6) is 0 Å². The molecule has 1 amide bonds. The van der Waals surface area contributed by atoms with Gasteiger partial charge in [-0.3, -0.25) is 9.00 Å². The minimum atomic E-state index is -0.798. The zero-order valence-corrected chi connectivity index (χ0v) is 13.6. The highest BCUT2D eigenvalue weighted by Gasteiger charge is 2.39. The number of nitrogens with zero attached hydrogens (tertiary/aromatic N) is 3. The van der Waals surface area contributed by atoms with Crippen LogP contribution < -0.4 is 10.2 Å². The van der Waals surface area contributed by atoms with Crippen molar-refractivity contribution in [1.29, 1.82) is 0 Å². The number of nitrogens with one attached hydrogen (secondary N) is 1. The van der Waals surface area contributed by atoms with E-state index in [-0.39, 0.29) is 10.7 Å². The lowest BCUT2D eigenvalue weighted by Crippen LogP contribution is -2.53. The first-order valence-electron chi connectivity index (χ1n) is 7.25. The largest absolute Gasteiger partial charge is 0.354 e. The number of carbonyl (C=O) groups is 1. The van der Waals surface area contributed by atoms with Gasteiger partial charge in [0.2, 0.25) is 0 Å². The smallest absolute Gasteiger partial charge is 0.271 e. The Balaban J connectivity index is 2.19. The third-order valence-electron chi connectivity index (χ3n) is 4.23. The Hall–Kier alpha value is -1.50. The molecule has 0 saturated carbocycles. The van der Waals surface area contributed by atoms with Crippen LogP contribution >= 0.6 is 0 Å². The molecule has 116 valence electrons. The number of hydrogen-bond donors (Lipinski definition) is 1. The highest BCUT2D eigenvalue weighted by molar-refractivity contribution is 7.86. The molecule has 0 spiro atoms. The van der Waals surface area contributed by atoms with E-state index in [9.17, 15) is 9.00 Å². The van der Waals surface area contributed by atoms with E-state index >= 15 is 0 Å². The lowest BCUT2D eigenvalue weighted by molar-refractivity contribution is 0.0957. The first kappa shape index (κ1) is 15.9. The van der Waals surface area contributed by atoms with Crippen molar-refractivity contribution in [2.45, 2.75) is 31.4 Å². The summed E-state index contributed by atoms with van der Waals surface area (Å²) in [4.78, 5) is 13.6. The maximum absolute atomic E-state index is 12.3. The lowest BCUT2D eigenvalue weighted by Gasteiger charge is -2.41.